The summed E-state index contributed by atoms with van der Waals surface area (Å²) in [5, 5.41) is 7.15. The molecule has 0 aromatic carbocycles. The number of carbonyl (C=O) groups excluding carboxylic acids is 1. The first-order valence-electron chi connectivity index (χ1n) is 6.90. The van der Waals surface area contributed by atoms with Gasteiger partial charge in [0.25, 0.3) is 0 Å². The van der Waals surface area contributed by atoms with Crippen LogP contribution in [-0.4, -0.2) is 52.4 Å². The average Bonchev–Trinajstić information content (AvgIpc) is 2.97. The monoisotopic (exact) mass is 282 g/mol. The van der Waals surface area contributed by atoms with Crippen molar-refractivity contribution in [2.75, 3.05) is 19.6 Å². The van der Waals surface area contributed by atoms with Gasteiger partial charge in [0, 0.05) is 32.1 Å². The summed E-state index contributed by atoms with van der Waals surface area (Å²) in [7, 11) is 0. The average molecular weight is 282 g/mol. The van der Waals surface area contributed by atoms with Crippen molar-refractivity contribution in [1.29, 1.82) is 0 Å². The van der Waals surface area contributed by atoms with E-state index in [4.69, 9.17) is 4.74 Å². The Morgan fingerprint density at radius 2 is 2.40 bits per heavy atom. The normalized spacial score (nSPS) is 19.4. The summed E-state index contributed by atoms with van der Waals surface area (Å²) in [6.45, 7) is 7.81. The van der Waals surface area contributed by atoms with E-state index < -0.39 is 5.60 Å². The zero-order valence-electron chi connectivity index (χ0n) is 12.3. The molecule has 1 aromatic heterocycles. The van der Waals surface area contributed by atoms with Gasteiger partial charge in [-0.15, -0.1) is 0 Å². The smallest absolute Gasteiger partial charge is 0.410 e. The van der Waals surface area contributed by atoms with Gasteiger partial charge in [-0.25, -0.2) is 4.79 Å². The predicted octanol–water partition coefficient (Wildman–Crippen LogP) is 1.21. The van der Waals surface area contributed by atoms with E-state index in [2.05, 4.69) is 20.0 Å². The Bertz CT molecular complexity index is 427. The van der Waals surface area contributed by atoms with Crippen molar-refractivity contribution < 1.29 is 14.1 Å². The lowest BCUT2D eigenvalue weighted by atomic mass is 10.2. The number of amides is 1. The molecule has 2 rings (SSSR count). The Morgan fingerprint density at radius 1 is 1.60 bits per heavy atom. The second kappa shape index (κ2) is 6.21. The standard InChI is InChI=1S/C13H22N4O3/c1-13(2,3)20-12(18)17-7-5-10(8-17)14-6-4-11-15-9-19-16-11/h9-10,14H,4-8H2,1-3H3. The number of carbonyl (C=O) groups is 1. The van der Waals surface area contributed by atoms with Gasteiger partial charge in [0.05, 0.1) is 0 Å². The molecule has 0 aliphatic carbocycles. The molecule has 112 valence electrons. The maximum atomic E-state index is 11.9. The van der Waals surface area contributed by atoms with Crippen molar-refractivity contribution in [2.24, 2.45) is 0 Å². The van der Waals surface area contributed by atoms with Crippen LogP contribution in [0.2, 0.25) is 0 Å². The van der Waals surface area contributed by atoms with Crippen molar-refractivity contribution in [3.8, 4) is 0 Å². The van der Waals surface area contributed by atoms with Crippen LogP contribution in [-0.2, 0) is 11.2 Å². The fourth-order valence-corrected chi connectivity index (χ4v) is 2.11. The Labute approximate surface area is 118 Å². The Hall–Kier alpha value is -1.63. The fourth-order valence-electron chi connectivity index (χ4n) is 2.11. The lowest BCUT2D eigenvalue weighted by Crippen LogP contribution is -2.38. The maximum Gasteiger partial charge on any atom is 0.410 e. The highest BCUT2D eigenvalue weighted by atomic mass is 16.6. The van der Waals surface area contributed by atoms with Crippen LogP contribution in [0.1, 0.15) is 33.0 Å². The molecule has 1 N–H and O–H groups in total. The van der Waals surface area contributed by atoms with Crippen LogP contribution in [0, 0.1) is 0 Å². The lowest BCUT2D eigenvalue weighted by molar-refractivity contribution is 0.0291. The van der Waals surface area contributed by atoms with Gasteiger partial charge in [0.2, 0.25) is 6.39 Å². The van der Waals surface area contributed by atoms with Gasteiger partial charge in [-0.3, -0.25) is 0 Å². The molecule has 7 nitrogen and oxygen atoms in total. The topological polar surface area (TPSA) is 80.5 Å². The van der Waals surface area contributed by atoms with Gasteiger partial charge < -0.3 is 19.5 Å². The van der Waals surface area contributed by atoms with Crippen molar-refractivity contribution in [1.82, 2.24) is 20.4 Å². The van der Waals surface area contributed by atoms with E-state index in [-0.39, 0.29) is 6.09 Å². The minimum atomic E-state index is -0.443. The first-order chi connectivity index (χ1) is 9.44. The lowest BCUT2D eigenvalue weighted by Gasteiger charge is -2.24. The summed E-state index contributed by atoms with van der Waals surface area (Å²) in [5.41, 5.74) is -0.443. The molecule has 1 aliphatic heterocycles. The van der Waals surface area contributed by atoms with Crippen LogP contribution < -0.4 is 5.32 Å². The summed E-state index contributed by atoms with van der Waals surface area (Å²) in [5.74, 6) is 0.694. The van der Waals surface area contributed by atoms with Gasteiger partial charge in [-0.05, 0) is 27.2 Å². The summed E-state index contributed by atoms with van der Waals surface area (Å²) in [6, 6.07) is 0.300. The highest BCUT2D eigenvalue weighted by molar-refractivity contribution is 5.68. The quantitative estimate of drug-likeness (QED) is 0.894. The van der Waals surface area contributed by atoms with E-state index in [1.165, 1.54) is 6.39 Å². The molecule has 1 atom stereocenters. The molecule has 1 fully saturated rings. The molecular formula is C13H22N4O3. The van der Waals surface area contributed by atoms with Crippen LogP contribution in [0.3, 0.4) is 0 Å². The number of rotatable bonds is 4. The minimum Gasteiger partial charge on any atom is -0.444 e. The summed E-state index contributed by atoms with van der Waals surface area (Å²) in [6.07, 6.45) is 2.75. The van der Waals surface area contributed by atoms with Gasteiger partial charge in [0.1, 0.15) is 5.60 Å². The first-order valence-corrected chi connectivity index (χ1v) is 6.90. The molecule has 20 heavy (non-hydrogen) atoms. The van der Waals surface area contributed by atoms with Crippen LogP contribution in [0.15, 0.2) is 10.9 Å². The van der Waals surface area contributed by atoms with Crippen molar-refractivity contribution >= 4 is 6.09 Å². The second-order valence-corrected chi connectivity index (χ2v) is 5.96. The van der Waals surface area contributed by atoms with E-state index in [0.29, 0.717) is 18.4 Å². The molecule has 0 bridgehead atoms. The number of aromatic nitrogens is 2. The molecule has 1 unspecified atom stereocenters. The van der Waals surface area contributed by atoms with Gasteiger partial charge in [0.15, 0.2) is 5.82 Å². The molecule has 7 heteroatoms. The Balaban J connectivity index is 1.68. The van der Waals surface area contributed by atoms with Gasteiger partial charge in [-0.1, -0.05) is 5.16 Å². The first kappa shape index (κ1) is 14.8. The van der Waals surface area contributed by atoms with E-state index in [9.17, 15) is 4.79 Å². The second-order valence-electron chi connectivity index (χ2n) is 5.96. The Kier molecular flexibility index (Phi) is 4.59. The summed E-state index contributed by atoms with van der Waals surface area (Å²) < 4.78 is 10.0. The third kappa shape index (κ3) is 4.48. The maximum absolute atomic E-state index is 11.9. The SMILES string of the molecule is CC(C)(C)OC(=O)N1CCC(NCCc2ncon2)C1. The molecular weight excluding hydrogens is 260 g/mol. The number of hydrogen-bond acceptors (Lipinski definition) is 6. The van der Waals surface area contributed by atoms with Crippen molar-refractivity contribution in [2.45, 2.75) is 45.3 Å². The molecule has 1 aliphatic rings. The number of hydrogen-bond donors (Lipinski definition) is 1. The molecule has 2 heterocycles. The highest BCUT2D eigenvalue weighted by Gasteiger charge is 2.29. The zero-order valence-corrected chi connectivity index (χ0v) is 12.3. The van der Waals surface area contributed by atoms with Crippen LogP contribution >= 0.6 is 0 Å². The molecule has 1 saturated heterocycles. The largest absolute Gasteiger partial charge is 0.444 e. The zero-order chi connectivity index (χ0) is 14.6. The summed E-state index contributed by atoms with van der Waals surface area (Å²) >= 11 is 0. The van der Waals surface area contributed by atoms with Gasteiger partial charge in [-0.2, -0.15) is 4.98 Å². The van der Waals surface area contributed by atoms with Crippen LogP contribution in [0.4, 0.5) is 4.79 Å². The van der Waals surface area contributed by atoms with Crippen molar-refractivity contribution in [3.05, 3.63) is 12.2 Å². The van der Waals surface area contributed by atoms with E-state index >= 15 is 0 Å². The van der Waals surface area contributed by atoms with E-state index in [0.717, 1.165) is 25.9 Å². The fraction of sp³-hybridized carbons (Fsp3) is 0.769. The third-order valence-corrected chi connectivity index (χ3v) is 3.03. The number of ether oxygens (including phenoxy) is 1. The molecule has 0 saturated carbocycles. The van der Waals surface area contributed by atoms with E-state index in [1.54, 1.807) is 4.90 Å². The molecule has 0 radical (unpaired) electrons. The number of nitrogens with zero attached hydrogens (tertiary/aromatic N) is 3. The van der Waals surface area contributed by atoms with Gasteiger partial charge >= 0.3 is 6.09 Å². The number of likely N-dealkylation sites (tertiary alicyclic amines) is 1. The third-order valence-electron chi connectivity index (χ3n) is 3.03. The number of nitrogens with one attached hydrogen (secondary N) is 1. The van der Waals surface area contributed by atoms with E-state index in [1.807, 2.05) is 20.8 Å². The Morgan fingerprint density at radius 3 is 3.05 bits per heavy atom. The van der Waals surface area contributed by atoms with Crippen LogP contribution in [0.25, 0.3) is 0 Å². The van der Waals surface area contributed by atoms with Crippen LogP contribution in [0.5, 0.6) is 0 Å². The predicted molar refractivity (Wildman–Crippen MR) is 72.2 cm³/mol. The van der Waals surface area contributed by atoms with Crippen molar-refractivity contribution in [3.63, 3.8) is 0 Å². The molecule has 1 amide bonds. The molecule has 1 aromatic rings. The summed E-state index contributed by atoms with van der Waals surface area (Å²) in [4.78, 5) is 17.6. The highest BCUT2D eigenvalue weighted by Crippen LogP contribution is 2.15. The minimum absolute atomic E-state index is 0.236. The molecule has 0 spiro atoms.